The molecule has 1 aromatic rings. The fourth-order valence-electron chi connectivity index (χ4n) is 2.29. The van der Waals surface area contributed by atoms with Crippen molar-refractivity contribution in [3.05, 3.63) is 41.5 Å². The second-order valence-electron chi connectivity index (χ2n) is 4.85. The Morgan fingerprint density at radius 3 is 2.89 bits per heavy atom. The molecule has 18 heavy (non-hydrogen) atoms. The molecule has 0 fully saturated rings. The molecule has 0 aromatic heterocycles. The van der Waals surface area contributed by atoms with Crippen LogP contribution in [0.25, 0.3) is 0 Å². The van der Waals surface area contributed by atoms with Crippen LogP contribution in [0.2, 0.25) is 0 Å². The summed E-state index contributed by atoms with van der Waals surface area (Å²) in [4.78, 5) is 14.0. The first-order chi connectivity index (χ1) is 8.66. The Balaban J connectivity index is 1.89. The van der Waals surface area contributed by atoms with E-state index in [9.17, 15) is 4.79 Å². The SMILES string of the molecule is CC1=CCCN(C(=O)CCc2ccccc2N)C1. The van der Waals surface area contributed by atoms with Crippen LogP contribution >= 0.6 is 0 Å². The molecule has 3 heteroatoms. The van der Waals surface area contributed by atoms with Gasteiger partial charge in [-0.2, -0.15) is 0 Å². The van der Waals surface area contributed by atoms with Gasteiger partial charge in [0.25, 0.3) is 0 Å². The molecule has 0 bridgehead atoms. The summed E-state index contributed by atoms with van der Waals surface area (Å²) < 4.78 is 0. The molecule has 96 valence electrons. The van der Waals surface area contributed by atoms with Gasteiger partial charge in [0.05, 0.1) is 0 Å². The molecule has 1 aromatic carbocycles. The molecule has 0 aliphatic carbocycles. The van der Waals surface area contributed by atoms with Gasteiger partial charge in [0.15, 0.2) is 0 Å². The van der Waals surface area contributed by atoms with Gasteiger partial charge in [0, 0.05) is 25.2 Å². The van der Waals surface area contributed by atoms with Crippen LogP contribution in [0.4, 0.5) is 5.69 Å². The highest BCUT2D eigenvalue weighted by molar-refractivity contribution is 5.77. The summed E-state index contributed by atoms with van der Waals surface area (Å²) in [6, 6.07) is 7.75. The highest BCUT2D eigenvalue weighted by Gasteiger charge is 2.16. The van der Waals surface area contributed by atoms with E-state index in [1.165, 1.54) is 5.57 Å². The number of nitrogens with zero attached hydrogens (tertiary/aromatic N) is 1. The van der Waals surface area contributed by atoms with Gasteiger partial charge in [-0.15, -0.1) is 0 Å². The van der Waals surface area contributed by atoms with E-state index in [2.05, 4.69) is 13.0 Å². The van der Waals surface area contributed by atoms with E-state index in [4.69, 9.17) is 5.73 Å². The van der Waals surface area contributed by atoms with Gasteiger partial charge in [-0.1, -0.05) is 29.8 Å². The Bertz CT molecular complexity index is 465. The maximum Gasteiger partial charge on any atom is 0.223 e. The highest BCUT2D eigenvalue weighted by Crippen LogP contribution is 2.15. The number of anilines is 1. The molecule has 0 atom stereocenters. The number of rotatable bonds is 3. The average Bonchev–Trinajstić information content (AvgIpc) is 2.37. The Morgan fingerprint density at radius 2 is 2.17 bits per heavy atom. The zero-order valence-electron chi connectivity index (χ0n) is 10.9. The van der Waals surface area contributed by atoms with E-state index in [0.29, 0.717) is 6.42 Å². The van der Waals surface area contributed by atoms with Crippen LogP contribution in [-0.4, -0.2) is 23.9 Å². The second-order valence-corrected chi connectivity index (χ2v) is 4.85. The summed E-state index contributed by atoms with van der Waals surface area (Å²) >= 11 is 0. The third-order valence-electron chi connectivity index (χ3n) is 3.35. The number of benzene rings is 1. The van der Waals surface area contributed by atoms with Crippen molar-refractivity contribution in [3.63, 3.8) is 0 Å². The van der Waals surface area contributed by atoms with Crippen molar-refractivity contribution in [1.29, 1.82) is 0 Å². The Hall–Kier alpha value is -1.77. The quantitative estimate of drug-likeness (QED) is 0.655. The third kappa shape index (κ3) is 3.13. The average molecular weight is 244 g/mol. The molecule has 3 nitrogen and oxygen atoms in total. The zero-order valence-corrected chi connectivity index (χ0v) is 10.9. The topological polar surface area (TPSA) is 46.3 Å². The van der Waals surface area contributed by atoms with Crippen molar-refractivity contribution >= 4 is 11.6 Å². The zero-order chi connectivity index (χ0) is 13.0. The minimum absolute atomic E-state index is 0.228. The van der Waals surface area contributed by atoms with Gasteiger partial charge in [-0.3, -0.25) is 4.79 Å². The number of carbonyl (C=O) groups excluding carboxylic acids is 1. The van der Waals surface area contributed by atoms with Crippen molar-refractivity contribution in [2.24, 2.45) is 0 Å². The monoisotopic (exact) mass is 244 g/mol. The molecule has 0 saturated carbocycles. The van der Waals surface area contributed by atoms with Crippen molar-refractivity contribution in [2.75, 3.05) is 18.8 Å². The number of carbonyl (C=O) groups is 1. The first-order valence-electron chi connectivity index (χ1n) is 6.43. The standard InChI is InChI=1S/C15H20N2O/c1-12-5-4-10-17(11-12)15(18)9-8-13-6-2-3-7-14(13)16/h2-3,5-7H,4,8-11,16H2,1H3. The first-order valence-corrected chi connectivity index (χ1v) is 6.43. The van der Waals surface area contributed by atoms with Crippen LogP contribution in [0.15, 0.2) is 35.9 Å². The van der Waals surface area contributed by atoms with Gasteiger partial charge in [-0.25, -0.2) is 0 Å². The lowest BCUT2D eigenvalue weighted by Gasteiger charge is -2.26. The first kappa shape index (κ1) is 12.7. The largest absolute Gasteiger partial charge is 0.399 e. The number of aryl methyl sites for hydroxylation is 1. The Morgan fingerprint density at radius 1 is 1.39 bits per heavy atom. The van der Waals surface area contributed by atoms with Gasteiger partial charge >= 0.3 is 0 Å². The molecule has 1 aliphatic heterocycles. The summed E-state index contributed by atoms with van der Waals surface area (Å²) in [5.41, 5.74) is 9.00. The van der Waals surface area contributed by atoms with Crippen LogP contribution in [-0.2, 0) is 11.2 Å². The van der Waals surface area contributed by atoms with Crippen molar-refractivity contribution in [2.45, 2.75) is 26.2 Å². The lowest BCUT2D eigenvalue weighted by molar-refractivity contribution is -0.130. The summed E-state index contributed by atoms with van der Waals surface area (Å²) in [5.74, 6) is 0.228. The van der Waals surface area contributed by atoms with Gasteiger partial charge < -0.3 is 10.6 Å². The van der Waals surface area contributed by atoms with E-state index >= 15 is 0 Å². The summed E-state index contributed by atoms with van der Waals surface area (Å²) in [7, 11) is 0. The molecular weight excluding hydrogens is 224 g/mol. The molecule has 1 heterocycles. The van der Waals surface area contributed by atoms with Gasteiger partial charge in [-0.05, 0) is 31.4 Å². The Kier molecular flexibility index (Phi) is 4.03. The third-order valence-corrected chi connectivity index (χ3v) is 3.35. The smallest absolute Gasteiger partial charge is 0.223 e. The lowest BCUT2D eigenvalue weighted by atomic mass is 10.1. The van der Waals surface area contributed by atoms with E-state index in [1.54, 1.807) is 0 Å². The van der Waals surface area contributed by atoms with Crippen molar-refractivity contribution in [1.82, 2.24) is 4.90 Å². The van der Waals surface area contributed by atoms with E-state index < -0.39 is 0 Å². The molecule has 0 saturated heterocycles. The normalized spacial score (nSPS) is 15.4. The van der Waals surface area contributed by atoms with Gasteiger partial charge in [0.2, 0.25) is 5.91 Å². The lowest BCUT2D eigenvalue weighted by Crippen LogP contribution is -2.35. The maximum absolute atomic E-state index is 12.1. The maximum atomic E-state index is 12.1. The number of nitrogens with two attached hydrogens (primary N) is 1. The van der Waals surface area contributed by atoms with E-state index in [-0.39, 0.29) is 5.91 Å². The molecule has 0 radical (unpaired) electrons. The predicted molar refractivity (Wildman–Crippen MR) is 74.1 cm³/mol. The number of para-hydroxylation sites is 1. The molecular formula is C15H20N2O. The minimum Gasteiger partial charge on any atom is -0.399 e. The van der Waals surface area contributed by atoms with Crippen LogP contribution in [0, 0.1) is 0 Å². The van der Waals surface area contributed by atoms with Crippen LogP contribution in [0.1, 0.15) is 25.3 Å². The highest BCUT2D eigenvalue weighted by atomic mass is 16.2. The molecule has 1 amide bonds. The molecule has 2 rings (SSSR count). The molecule has 1 aliphatic rings. The fourth-order valence-corrected chi connectivity index (χ4v) is 2.29. The number of hydrogen-bond acceptors (Lipinski definition) is 2. The Labute approximate surface area is 108 Å². The minimum atomic E-state index is 0.228. The van der Waals surface area contributed by atoms with Crippen LogP contribution in [0.3, 0.4) is 0 Å². The molecule has 0 unspecified atom stereocenters. The number of hydrogen-bond donors (Lipinski definition) is 1. The van der Waals surface area contributed by atoms with Crippen LogP contribution < -0.4 is 5.73 Å². The summed E-state index contributed by atoms with van der Waals surface area (Å²) in [5, 5.41) is 0. The van der Waals surface area contributed by atoms with E-state index in [1.807, 2.05) is 29.2 Å². The molecule has 2 N–H and O–H groups in total. The second kappa shape index (κ2) is 5.71. The fraction of sp³-hybridized carbons (Fsp3) is 0.400. The predicted octanol–water partition coefficient (Wildman–Crippen LogP) is 2.38. The van der Waals surface area contributed by atoms with Crippen LogP contribution in [0.5, 0.6) is 0 Å². The van der Waals surface area contributed by atoms with Crippen molar-refractivity contribution in [3.8, 4) is 0 Å². The number of amides is 1. The van der Waals surface area contributed by atoms with E-state index in [0.717, 1.165) is 37.2 Å². The van der Waals surface area contributed by atoms with Gasteiger partial charge in [0.1, 0.15) is 0 Å². The molecule has 0 spiro atoms. The number of nitrogen functional groups attached to an aromatic ring is 1. The van der Waals surface area contributed by atoms with Crippen molar-refractivity contribution < 1.29 is 4.79 Å². The summed E-state index contributed by atoms with van der Waals surface area (Å²) in [6.45, 7) is 3.71. The summed E-state index contributed by atoms with van der Waals surface area (Å²) in [6.07, 6.45) is 4.45.